The molecule has 0 saturated heterocycles. The highest BCUT2D eigenvalue weighted by atomic mass is 19.1. The molecule has 0 aliphatic carbocycles. The number of carbonyl (C=O) groups is 1. The molecular formula is C33H32FNO2. The molecule has 0 radical (unpaired) electrons. The Hall–Kier alpha value is -4.23. The van der Waals surface area contributed by atoms with Crippen LogP contribution in [0, 0.1) is 23.1 Å². The van der Waals surface area contributed by atoms with Gasteiger partial charge in [-0.2, -0.15) is 5.26 Å². The summed E-state index contributed by atoms with van der Waals surface area (Å²) in [5.74, 6) is -1.41. The lowest BCUT2D eigenvalue weighted by Crippen LogP contribution is -2.04. The van der Waals surface area contributed by atoms with Crippen molar-refractivity contribution in [1.29, 1.82) is 5.26 Å². The molecule has 0 amide bonds. The Bertz CT molecular complexity index is 1400. The van der Waals surface area contributed by atoms with Gasteiger partial charge < -0.3 is 5.11 Å². The summed E-state index contributed by atoms with van der Waals surface area (Å²) in [7, 11) is 0. The second-order valence-electron chi connectivity index (χ2n) is 9.08. The molecule has 0 fully saturated rings. The maximum atomic E-state index is 14.7. The number of nitriles is 1. The van der Waals surface area contributed by atoms with E-state index in [-0.39, 0.29) is 11.5 Å². The number of aliphatic carboxylic acids is 1. The Morgan fingerprint density at radius 1 is 1.03 bits per heavy atom. The SMILES string of the molecule is CC/C(=C(\C(=C\c1ccccc1CC)C(C)C)c1ccc(/C=C/C(=O)O)cc1)c1cccc(F)c1C#N. The summed E-state index contributed by atoms with van der Waals surface area (Å²) < 4.78 is 14.7. The number of benzene rings is 3. The molecule has 3 aromatic rings. The molecule has 3 nitrogen and oxygen atoms in total. The lowest BCUT2D eigenvalue weighted by Gasteiger charge is -2.23. The van der Waals surface area contributed by atoms with Crippen LogP contribution in [0.4, 0.5) is 4.39 Å². The van der Waals surface area contributed by atoms with Gasteiger partial charge in [-0.15, -0.1) is 0 Å². The Morgan fingerprint density at radius 2 is 1.73 bits per heavy atom. The van der Waals surface area contributed by atoms with Gasteiger partial charge in [0, 0.05) is 6.08 Å². The van der Waals surface area contributed by atoms with E-state index < -0.39 is 11.8 Å². The van der Waals surface area contributed by atoms with Gasteiger partial charge in [0.25, 0.3) is 0 Å². The normalized spacial score (nSPS) is 12.5. The summed E-state index contributed by atoms with van der Waals surface area (Å²) in [5, 5.41) is 18.8. The van der Waals surface area contributed by atoms with Crippen LogP contribution in [0.5, 0.6) is 0 Å². The van der Waals surface area contributed by atoms with Gasteiger partial charge in [-0.25, -0.2) is 9.18 Å². The summed E-state index contributed by atoms with van der Waals surface area (Å²) >= 11 is 0. The Kier molecular flexibility index (Phi) is 9.35. The van der Waals surface area contributed by atoms with Crippen molar-refractivity contribution in [2.45, 2.75) is 40.5 Å². The third kappa shape index (κ3) is 6.51. The first-order chi connectivity index (χ1) is 17.8. The van der Waals surface area contributed by atoms with E-state index in [1.807, 2.05) is 49.4 Å². The van der Waals surface area contributed by atoms with Gasteiger partial charge in [-0.1, -0.05) is 94.4 Å². The van der Waals surface area contributed by atoms with Crippen molar-refractivity contribution in [3.8, 4) is 6.07 Å². The average molecular weight is 494 g/mol. The van der Waals surface area contributed by atoms with Crippen molar-refractivity contribution < 1.29 is 14.3 Å². The molecule has 0 bridgehead atoms. The highest BCUT2D eigenvalue weighted by molar-refractivity contribution is 6.01. The van der Waals surface area contributed by atoms with Crippen LogP contribution in [0.3, 0.4) is 0 Å². The number of hydrogen-bond acceptors (Lipinski definition) is 2. The monoisotopic (exact) mass is 493 g/mol. The van der Waals surface area contributed by atoms with Crippen LogP contribution >= 0.6 is 0 Å². The molecule has 0 heterocycles. The largest absolute Gasteiger partial charge is 0.478 e. The van der Waals surface area contributed by atoms with E-state index in [0.717, 1.165) is 45.9 Å². The molecule has 0 unspecified atom stereocenters. The maximum Gasteiger partial charge on any atom is 0.328 e. The predicted molar refractivity (Wildman–Crippen MR) is 150 cm³/mol. The van der Waals surface area contributed by atoms with Gasteiger partial charge in [0.2, 0.25) is 0 Å². The van der Waals surface area contributed by atoms with Crippen LogP contribution in [0.1, 0.15) is 67.5 Å². The van der Waals surface area contributed by atoms with E-state index in [0.29, 0.717) is 12.0 Å². The zero-order chi connectivity index (χ0) is 26.9. The number of nitrogens with zero attached hydrogens (tertiary/aromatic N) is 1. The number of allylic oxidation sites excluding steroid dienone is 3. The first-order valence-electron chi connectivity index (χ1n) is 12.5. The molecule has 0 spiro atoms. The summed E-state index contributed by atoms with van der Waals surface area (Å²) in [4.78, 5) is 11.0. The average Bonchev–Trinajstić information content (AvgIpc) is 2.90. The minimum atomic E-state index is -1.01. The van der Waals surface area contributed by atoms with Crippen LogP contribution in [0.2, 0.25) is 0 Å². The minimum Gasteiger partial charge on any atom is -0.478 e. The Labute approximate surface area is 218 Å². The lowest BCUT2D eigenvalue weighted by molar-refractivity contribution is -0.131. The van der Waals surface area contributed by atoms with E-state index in [9.17, 15) is 14.4 Å². The Balaban J connectivity index is 2.38. The molecule has 0 aliphatic heterocycles. The molecule has 0 aliphatic rings. The molecule has 3 aromatic carbocycles. The van der Waals surface area contributed by atoms with Gasteiger partial charge in [-0.3, -0.25) is 0 Å². The molecule has 3 rings (SSSR count). The molecule has 0 atom stereocenters. The summed E-state index contributed by atoms with van der Waals surface area (Å²) in [6.45, 7) is 8.41. The van der Waals surface area contributed by atoms with Crippen molar-refractivity contribution in [1.82, 2.24) is 0 Å². The maximum absolute atomic E-state index is 14.7. The third-order valence-electron chi connectivity index (χ3n) is 6.38. The van der Waals surface area contributed by atoms with Crippen molar-refractivity contribution in [2.24, 2.45) is 5.92 Å². The third-order valence-corrected chi connectivity index (χ3v) is 6.38. The summed E-state index contributed by atoms with van der Waals surface area (Å²) in [5.41, 5.74) is 7.60. The second kappa shape index (κ2) is 12.6. The standard InChI is InChI=1S/C33H32FNO2/c1-5-24-10-7-8-11-26(24)20-29(22(3)4)33(25-17-14-23(15-18-25)16-19-32(36)37)27(6-2)28-12-9-13-31(34)30(28)21-35/h7-20,22H,5-6H2,1-4H3,(H,36,37)/b19-16+,29-20+,33-27+. The quantitative estimate of drug-likeness (QED) is 0.185. The second-order valence-corrected chi connectivity index (χ2v) is 9.08. The van der Waals surface area contributed by atoms with Gasteiger partial charge >= 0.3 is 5.97 Å². The van der Waals surface area contributed by atoms with E-state index in [4.69, 9.17) is 5.11 Å². The lowest BCUT2D eigenvalue weighted by atomic mass is 9.81. The number of carboxylic acid groups (broad SMARTS) is 1. The van der Waals surface area contributed by atoms with Gasteiger partial charge in [0.05, 0.1) is 5.56 Å². The van der Waals surface area contributed by atoms with E-state index >= 15 is 0 Å². The number of carboxylic acids is 1. The summed E-state index contributed by atoms with van der Waals surface area (Å²) in [6, 6.07) is 22.8. The molecule has 188 valence electrons. The molecule has 0 saturated carbocycles. The van der Waals surface area contributed by atoms with Gasteiger partial charge in [0.1, 0.15) is 11.9 Å². The highest BCUT2D eigenvalue weighted by Crippen LogP contribution is 2.40. The van der Waals surface area contributed by atoms with Crippen molar-refractivity contribution in [2.75, 3.05) is 0 Å². The molecule has 0 aromatic heterocycles. The number of aryl methyl sites for hydroxylation is 1. The van der Waals surface area contributed by atoms with E-state index in [1.165, 1.54) is 11.6 Å². The fourth-order valence-electron chi connectivity index (χ4n) is 4.53. The topological polar surface area (TPSA) is 61.1 Å². The minimum absolute atomic E-state index is 0.0370. The number of halogens is 1. The van der Waals surface area contributed by atoms with Crippen LogP contribution < -0.4 is 0 Å². The smallest absolute Gasteiger partial charge is 0.328 e. The van der Waals surface area contributed by atoms with Crippen LogP contribution in [-0.4, -0.2) is 11.1 Å². The highest BCUT2D eigenvalue weighted by Gasteiger charge is 2.21. The molecule has 1 N–H and O–H groups in total. The van der Waals surface area contributed by atoms with E-state index in [2.05, 4.69) is 45.0 Å². The van der Waals surface area contributed by atoms with E-state index in [1.54, 1.807) is 12.1 Å². The van der Waals surface area contributed by atoms with Gasteiger partial charge in [0.15, 0.2) is 0 Å². The Morgan fingerprint density at radius 3 is 2.32 bits per heavy atom. The molecule has 4 heteroatoms. The molecule has 37 heavy (non-hydrogen) atoms. The first-order valence-corrected chi connectivity index (χ1v) is 12.5. The van der Waals surface area contributed by atoms with Crippen LogP contribution in [-0.2, 0) is 11.2 Å². The molecular weight excluding hydrogens is 461 g/mol. The fraction of sp³-hybridized carbons (Fsp3) is 0.212. The fourth-order valence-corrected chi connectivity index (χ4v) is 4.53. The zero-order valence-electron chi connectivity index (χ0n) is 21.8. The first kappa shape index (κ1) is 27.4. The van der Waals surface area contributed by atoms with Crippen LogP contribution in [0.15, 0.2) is 78.4 Å². The van der Waals surface area contributed by atoms with Gasteiger partial charge in [-0.05, 0) is 75.4 Å². The number of hydrogen-bond donors (Lipinski definition) is 1. The zero-order valence-corrected chi connectivity index (χ0v) is 21.8. The van der Waals surface area contributed by atoms with Crippen molar-refractivity contribution in [3.63, 3.8) is 0 Å². The van der Waals surface area contributed by atoms with Crippen LogP contribution in [0.25, 0.3) is 23.3 Å². The predicted octanol–water partition coefficient (Wildman–Crippen LogP) is 8.42. The summed E-state index contributed by atoms with van der Waals surface area (Å²) in [6.07, 6.45) is 6.35. The van der Waals surface area contributed by atoms with Crippen molar-refractivity contribution in [3.05, 3.63) is 118 Å². The number of rotatable bonds is 9. The van der Waals surface area contributed by atoms with Crippen molar-refractivity contribution >= 4 is 29.3 Å².